The van der Waals surface area contributed by atoms with Crippen molar-refractivity contribution in [3.63, 3.8) is 0 Å². The summed E-state index contributed by atoms with van der Waals surface area (Å²) in [6.07, 6.45) is 13.0. The number of aliphatic hydroxyl groups is 1. The Kier molecular flexibility index (Phi) is 9.26. The summed E-state index contributed by atoms with van der Waals surface area (Å²) < 4.78 is 17.5. The molecule has 3 atom stereocenters. The summed E-state index contributed by atoms with van der Waals surface area (Å²) in [7, 11) is 3.26. The number of anilines is 1. The van der Waals surface area contributed by atoms with E-state index in [1.807, 2.05) is 36.4 Å². The van der Waals surface area contributed by atoms with Crippen molar-refractivity contribution in [3.05, 3.63) is 65.3 Å². The van der Waals surface area contributed by atoms with Crippen LogP contribution in [-0.4, -0.2) is 59.6 Å². The highest BCUT2D eigenvalue weighted by Gasteiger charge is 2.57. The van der Waals surface area contributed by atoms with Gasteiger partial charge in [-0.3, -0.25) is 4.79 Å². The smallest absolute Gasteiger partial charge is 0.291 e. The van der Waals surface area contributed by atoms with E-state index in [0.717, 1.165) is 48.8 Å². The second-order valence-electron chi connectivity index (χ2n) is 10.9. The lowest BCUT2D eigenvalue weighted by Crippen LogP contribution is -2.55. The van der Waals surface area contributed by atoms with E-state index in [0.29, 0.717) is 31.7 Å². The first-order chi connectivity index (χ1) is 19.2. The Labute approximate surface area is 236 Å². The molecule has 2 bridgehead atoms. The highest BCUT2D eigenvalue weighted by atomic mass is 16.6. The van der Waals surface area contributed by atoms with E-state index in [4.69, 9.17) is 19.5 Å². The number of ether oxygens (including phenoxy) is 3. The molecule has 0 saturated carbocycles. The van der Waals surface area contributed by atoms with Gasteiger partial charge in [-0.2, -0.15) is 5.26 Å². The monoisotopic (exact) mass is 548 g/mol. The third-order valence-corrected chi connectivity index (χ3v) is 7.60. The van der Waals surface area contributed by atoms with E-state index in [1.165, 1.54) is 6.20 Å². The van der Waals surface area contributed by atoms with Gasteiger partial charge in [-0.05, 0) is 42.5 Å². The zero-order valence-corrected chi connectivity index (χ0v) is 23.9. The predicted molar refractivity (Wildman–Crippen MR) is 153 cm³/mol. The Morgan fingerprint density at radius 3 is 2.48 bits per heavy atom. The summed E-state index contributed by atoms with van der Waals surface area (Å²) >= 11 is 0. The molecule has 40 heavy (non-hydrogen) atoms. The number of nitrogens with one attached hydrogen (secondary N) is 2. The maximum atomic E-state index is 13.1. The number of methoxy groups -OCH3 is 2. The Hall–Kier alpha value is -3.29. The molecule has 1 aromatic heterocycles. The van der Waals surface area contributed by atoms with Crippen molar-refractivity contribution >= 4 is 17.2 Å². The summed E-state index contributed by atoms with van der Waals surface area (Å²) in [6, 6.07) is 7.65. The van der Waals surface area contributed by atoms with Crippen LogP contribution in [0, 0.1) is 11.3 Å². The van der Waals surface area contributed by atoms with Crippen LogP contribution in [0.3, 0.4) is 0 Å². The summed E-state index contributed by atoms with van der Waals surface area (Å²) in [6.45, 7) is 4.90. The SMILES string of the molecule is CCC/C=C(\CCCC)c1cc([C@]2(O)C[C@@]3(COC)C=C[C@@](COC)(C2)O3)ccc1NC(=O)c1nc(C#N)c[nH]1. The molecule has 2 aromatic rings. The molecule has 0 radical (unpaired) electrons. The molecule has 1 fully saturated rings. The summed E-state index contributed by atoms with van der Waals surface area (Å²) in [5, 5.41) is 24.4. The van der Waals surface area contributed by atoms with Gasteiger partial charge >= 0.3 is 0 Å². The number of allylic oxidation sites excluding steroid dienone is 2. The largest absolute Gasteiger partial charge is 0.385 e. The maximum absolute atomic E-state index is 13.1. The third kappa shape index (κ3) is 6.21. The molecule has 1 aromatic carbocycles. The summed E-state index contributed by atoms with van der Waals surface area (Å²) in [4.78, 5) is 19.9. The molecule has 9 heteroatoms. The molecule has 4 rings (SSSR count). The van der Waals surface area contributed by atoms with Gasteiger partial charge in [0.1, 0.15) is 17.3 Å². The van der Waals surface area contributed by atoms with Gasteiger partial charge in [0.2, 0.25) is 0 Å². The number of nitriles is 1. The van der Waals surface area contributed by atoms with Crippen LogP contribution in [0.4, 0.5) is 5.69 Å². The average Bonchev–Trinajstić information content (AvgIpc) is 3.52. The lowest BCUT2D eigenvalue weighted by molar-refractivity contribution is -0.225. The molecule has 0 spiro atoms. The molecule has 2 aliphatic rings. The molecular formula is C31H40N4O5. The molecule has 1 amide bonds. The minimum absolute atomic E-state index is 0.0629. The number of hydrogen-bond donors (Lipinski definition) is 3. The Balaban J connectivity index is 1.77. The molecule has 0 aliphatic carbocycles. The highest BCUT2D eigenvalue weighted by molar-refractivity contribution is 6.03. The number of unbranched alkanes of at least 4 members (excludes halogenated alkanes) is 2. The fraction of sp³-hybridized carbons (Fsp3) is 0.516. The Morgan fingerprint density at radius 1 is 1.20 bits per heavy atom. The number of aromatic nitrogens is 2. The molecule has 214 valence electrons. The van der Waals surface area contributed by atoms with Crippen molar-refractivity contribution in [3.8, 4) is 6.07 Å². The molecule has 9 nitrogen and oxygen atoms in total. The number of amides is 1. The standard InChI is InChI=1S/C31H40N4O5/c1-5-7-9-22(10-8-6-2)25-15-23(11-12-26(25)35-28(36)27-33-17-24(16-32)34-27)31(37)18-29(20-38-3)13-14-30(19-31,40-29)21-39-4/h9,11-15,17,37H,5-8,10,18-21H2,1-4H3,(H,33,34)(H,35,36)/b22-9+/t29-,30+,31+. The molecule has 3 N–H and O–H groups in total. The second kappa shape index (κ2) is 12.5. The lowest BCUT2D eigenvalue weighted by atomic mass is 9.74. The number of carbonyl (C=O) groups excluding carboxylic acids is 1. The number of imidazole rings is 1. The topological polar surface area (TPSA) is 129 Å². The zero-order chi connectivity index (χ0) is 28.8. The van der Waals surface area contributed by atoms with Crippen LogP contribution in [0.25, 0.3) is 5.57 Å². The van der Waals surface area contributed by atoms with Gasteiger partial charge < -0.3 is 29.6 Å². The van der Waals surface area contributed by atoms with Crippen LogP contribution in [0.1, 0.15) is 86.2 Å². The van der Waals surface area contributed by atoms with E-state index in [2.05, 4.69) is 35.2 Å². The molecule has 0 unspecified atom stereocenters. The molecule has 2 aliphatic heterocycles. The van der Waals surface area contributed by atoms with Gasteiger partial charge in [-0.15, -0.1) is 0 Å². The first-order valence-electron chi connectivity index (χ1n) is 14.0. The number of carbonyl (C=O) groups is 1. The summed E-state index contributed by atoms with van der Waals surface area (Å²) in [5.41, 5.74) is 0.734. The predicted octanol–water partition coefficient (Wildman–Crippen LogP) is 5.25. The van der Waals surface area contributed by atoms with Gasteiger partial charge in [0.15, 0.2) is 11.5 Å². The summed E-state index contributed by atoms with van der Waals surface area (Å²) in [5.74, 6) is -0.376. The van der Waals surface area contributed by atoms with Crippen LogP contribution in [0.2, 0.25) is 0 Å². The first kappa shape index (κ1) is 29.7. The number of nitrogens with zero attached hydrogens (tertiary/aromatic N) is 2. The van der Waals surface area contributed by atoms with Crippen molar-refractivity contribution < 1.29 is 24.1 Å². The highest BCUT2D eigenvalue weighted by Crippen LogP contribution is 2.52. The number of H-pyrrole nitrogens is 1. The van der Waals surface area contributed by atoms with E-state index in [9.17, 15) is 9.90 Å². The van der Waals surface area contributed by atoms with Crippen molar-refractivity contribution in [2.45, 2.75) is 75.6 Å². The van der Waals surface area contributed by atoms with Crippen LogP contribution >= 0.6 is 0 Å². The second-order valence-corrected chi connectivity index (χ2v) is 10.9. The van der Waals surface area contributed by atoms with Gasteiger partial charge in [-0.25, -0.2) is 4.98 Å². The van der Waals surface area contributed by atoms with Crippen LogP contribution in [-0.2, 0) is 19.8 Å². The van der Waals surface area contributed by atoms with Crippen LogP contribution < -0.4 is 5.32 Å². The van der Waals surface area contributed by atoms with E-state index in [-0.39, 0.29) is 11.5 Å². The van der Waals surface area contributed by atoms with Crippen LogP contribution in [0.5, 0.6) is 0 Å². The van der Waals surface area contributed by atoms with Gasteiger partial charge in [0, 0.05) is 44.5 Å². The van der Waals surface area contributed by atoms with E-state index in [1.54, 1.807) is 14.2 Å². The van der Waals surface area contributed by atoms with Crippen molar-refractivity contribution in [2.24, 2.45) is 0 Å². The van der Waals surface area contributed by atoms with Crippen molar-refractivity contribution in [2.75, 3.05) is 32.8 Å². The minimum atomic E-state index is -1.22. The molecular weight excluding hydrogens is 508 g/mol. The third-order valence-electron chi connectivity index (χ3n) is 7.60. The fourth-order valence-corrected chi connectivity index (χ4v) is 5.89. The number of aromatic amines is 1. The average molecular weight is 549 g/mol. The van der Waals surface area contributed by atoms with Crippen LogP contribution in [0.15, 0.2) is 42.6 Å². The first-order valence-corrected chi connectivity index (χ1v) is 14.0. The Bertz CT molecular complexity index is 1290. The van der Waals surface area contributed by atoms with Gasteiger partial charge in [0.05, 0.1) is 18.8 Å². The normalized spacial score (nSPS) is 25.6. The number of rotatable bonds is 13. The number of fused-ring (bicyclic) bond motifs is 2. The molecule has 1 saturated heterocycles. The quantitative estimate of drug-likeness (QED) is 0.292. The zero-order valence-electron chi connectivity index (χ0n) is 23.9. The maximum Gasteiger partial charge on any atom is 0.291 e. The lowest BCUT2D eigenvalue weighted by Gasteiger charge is -2.48. The fourth-order valence-electron chi connectivity index (χ4n) is 5.89. The Morgan fingerprint density at radius 2 is 1.90 bits per heavy atom. The van der Waals surface area contributed by atoms with Crippen molar-refractivity contribution in [1.82, 2.24) is 9.97 Å². The minimum Gasteiger partial charge on any atom is -0.385 e. The van der Waals surface area contributed by atoms with Gasteiger partial charge in [0.25, 0.3) is 5.91 Å². The number of hydrogen-bond acceptors (Lipinski definition) is 7. The van der Waals surface area contributed by atoms with Crippen molar-refractivity contribution in [1.29, 1.82) is 5.26 Å². The van der Waals surface area contributed by atoms with Gasteiger partial charge in [-0.1, -0.05) is 51.0 Å². The van der Waals surface area contributed by atoms with E-state index >= 15 is 0 Å². The molecule has 3 heterocycles. The number of benzene rings is 1. The van der Waals surface area contributed by atoms with E-state index < -0.39 is 22.7 Å².